The van der Waals surface area contributed by atoms with Gasteiger partial charge in [-0.05, 0) is 43.1 Å². The molecule has 3 nitrogen and oxygen atoms in total. The fourth-order valence-corrected chi connectivity index (χ4v) is 2.49. The van der Waals surface area contributed by atoms with Crippen LogP contribution >= 0.6 is 0 Å². The van der Waals surface area contributed by atoms with E-state index in [0.29, 0.717) is 12.0 Å². The molecule has 0 aliphatic rings. The molecule has 0 aliphatic carbocycles. The molecule has 1 N–H and O–H groups in total. The average molecular weight is 288 g/mol. The molecular weight excluding hydrogens is 267 g/mol. The number of likely N-dealkylation sites (N-methyl/N-ethyl adjacent to an activating group) is 1. The van der Waals surface area contributed by atoms with Crippen LogP contribution in [0.25, 0.3) is 0 Å². The molecule has 0 amide bonds. The van der Waals surface area contributed by atoms with E-state index < -0.39 is 0 Å². The maximum atomic E-state index is 14.3. The van der Waals surface area contributed by atoms with E-state index in [1.54, 1.807) is 18.3 Å². The summed E-state index contributed by atoms with van der Waals surface area (Å²) in [5.41, 5.74) is 2.71. The number of pyridine rings is 1. The Labute approximate surface area is 125 Å². The van der Waals surface area contributed by atoms with Gasteiger partial charge in [0.05, 0.1) is 7.11 Å². The summed E-state index contributed by atoms with van der Waals surface area (Å²) in [5.74, 6) is -0.00453. The fourth-order valence-electron chi connectivity index (χ4n) is 2.49. The number of benzene rings is 1. The van der Waals surface area contributed by atoms with E-state index in [9.17, 15) is 4.39 Å². The first-order valence-corrected chi connectivity index (χ1v) is 7.13. The summed E-state index contributed by atoms with van der Waals surface area (Å²) < 4.78 is 19.4. The van der Waals surface area contributed by atoms with E-state index in [0.717, 1.165) is 17.8 Å². The number of hydrogen-bond acceptors (Lipinski definition) is 3. The van der Waals surface area contributed by atoms with Crippen molar-refractivity contribution >= 4 is 0 Å². The molecule has 21 heavy (non-hydrogen) atoms. The first-order valence-electron chi connectivity index (χ1n) is 7.13. The molecule has 4 heteroatoms. The van der Waals surface area contributed by atoms with Crippen molar-refractivity contribution in [1.82, 2.24) is 10.3 Å². The molecule has 1 aromatic heterocycles. The Bertz CT molecular complexity index is 601. The Hall–Kier alpha value is -1.94. The predicted octanol–water partition coefficient (Wildman–Crippen LogP) is 3.43. The molecule has 0 saturated carbocycles. The summed E-state index contributed by atoms with van der Waals surface area (Å²) in [6, 6.07) is 9.23. The van der Waals surface area contributed by atoms with Crippen molar-refractivity contribution in [3.63, 3.8) is 0 Å². The smallest absolute Gasteiger partial charge is 0.168 e. The zero-order valence-corrected chi connectivity index (χ0v) is 12.7. The summed E-state index contributed by atoms with van der Waals surface area (Å²) in [5, 5.41) is 3.41. The lowest BCUT2D eigenvalue weighted by Crippen LogP contribution is -2.24. The Morgan fingerprint density at radius 2 is 2.10 bits per heavy atom. The highest BCUT2D eigenvalue weighted by Crippen LogP contribution is 2.26. The fraction of sp³-hybridized carbons (Fsp3) is 0.353. The summed E-state index contributed by atoms with van der Waals surface area (Å²) >= 11 is 0. The minimum Gasteiger partial charge on any atom is -0.494 e. The third-order valence-corrected chi connectivity index (χ3v) is 3.56. The maximum absolute atomic E-state index is 14.3. The zero-order valence-electron chi connectivity index (χ0n) is 12.7. The van der Waals surface area contributed by atoms with Gasteiger partial charge in [0.15, 0.2) is 11.6 Å². The first-order chi connectivity index (χ1) is 10.2. The second-order valence-corrected chi connectivity index (χ2v) is 4.93. The molecule has 1 unspecified atom stereocenters. The number of nitrogens with zero attached hydrogens (tertiary/aromatic N) is 1. The van der Waals surface area contributed by atoms with Crippen molar-refractivity contribution in [1.29, 1.82) is 0 Å². The van der Waals surface area contributed by atoms with Crippen LogP contribution in [0.1, 0.15) is 29.8 Å². The molecule has 0 fully saturated rings. The van der Waals surface area contributed by atoms with Gasteiger partial charge in [0.1, 0.15) is 0 Å². The molecule has 2 aromatic rings. The van der Waals surface area contributed by atoms with Gasteiger partial charge in [0, 0.05) is 17.9 Å². The predicted molar refractivity (Wildman–Crippen MR) is 82.0 cm³/mol. The van der Waals surface area contributed by atoms with Gasteiger partial charge in [-0.15, -0.1) is 0 Å². The number of methoxy groups -OCH3 is 1. The maximum Gasteiger partial charge on any atom is 0.168 e. The van der Waals surface area contributed by atoms with Crippen LogP contribution in [0, 0.1) is 12.7 Å². The summed E-state index contributed by atoms with van der Waals surface area (Å²) in [7, 11) is 1.48. The van der Waals surface area contributed by atoms with E-state index in [-0.39, 0.29) is 17.6 Å². The van der Waals surface area contributed by atoms with Gasteiger partial charge in [-0.1, -0.05) is 25.1 Å². The lowest BCUT2D eigenvalue weighted by atomic mass is 9.97. The van der Waals surface area contributed by atoms with Gasteiger partial charge in [-0.2, -0.15) is 0 Å². The highest BCUT2D eigenvalue weighted by Gasteiger charge is 2.17. The molecule has 1 atom stereocenters. The van der Waals surface area contributed by atoms with Crippen LogP contribution < -0.4 is 10.1 Å². The van der Waals surface area contributed by atoms with Crippen molar-refractivity contribution in [3.8, 4) is 5.75 Å². The van der Waals surface area contributed by atoms with Crippen molar-refractivity contribution in [2.24, 2.45) is 0 Å². The van der Waals surface area contributed by atoms with Crippen LogP contribution in [-0.4, -0.2) is 18.6 Å². The first kappa shape index (κ1) is 15.4. The lowest BCUT2D eigenvalue weighted by molar-refractivity contribution is 0.382. The minimum absolute atomic E-state index is 0.0327. The van der Waals surface area contributed by atoms with Crippen molar-refractivity contribution in [2.75, 3.05) is 13.7 Å². The van der Waals surface area contributed by atoms with Crippen LogP contribution in [0.4, 0.5) is 4.39 Å². The molecule has 0 radical (unpaired) electrons. The van der Waals surface area contributed by atoms with Crippen molar-refractivity contribution in [3.05, 3.63) is 59.2 Å². The van der Waals surface area contributed by atoms with Crippen LogP contribution in [0.2, 0.25) is 0 Å². The van der Waals surface area contributed by atoms with Gasteiger partial charge in [-0.25, -0.2) is 4.39 Å². The second kappa shape index (κ2) is 7.18. The number of aryl methyl sites for hydroxylation is 1. The van der Waals surface area contributed by atoms with Crippen molar-refractivity contribution in [2.45, 2.75) is 26.3 Å². The summed E-state index contributed by atoms with van der Waals surface area (Å²) in [4.78, 5) is 4.32. The van der Waals surface area contributed by atoms with E-state index in [4.69, 9.17) is 4.74 Å². The Kier molecular flexibility index (Phi) is 5.28. The van der Waals surface area contributed by atoms with Crippen LogP contribution in [0.15, 0.2) is 36.5 Å². The highest BCUT2D eigenvalue weighted by molar-refractivity contribution is 5.33. The topological polar surface area (TPSA) is 34.1 Å². The van der Waals surface area contributed by atoms with Crippen LogP contribution in [0.3, 0.4) is 0 Å². The SMILES string of the molecule is CCNC(Cc1cccc(OC)c1F)c1cccnc1C. The lowest BCUT2D eigenvalue weighted by Gasteiger charge is -2.20. The van der Waals surface area contributed by atoms with Crippen LogP contribution in [0.5, 0.6) is 5.75 Å². The Morgan fingerprint density at radius 3 is 2.76 bits per heavy atom. The van der Waals surface area contributed by atoms with Crippen molar-refractivity contribution < 1.29 is 9.13 Å². The minimum atomic E-state index is -0.288. The van der Waals surface area contributed by atoms with Crippen LogP contribution in [-0.2, 0) is 6.42 Å². The average Bonchev–Trinajstić information content (AvgIpc) is 2.49. The quantitative estimate of drug-likeness (QED) is 0.884. The van der Waals surface area contributed by atoms with E-state index >= 15 is 0 Å². The van der Waals surface area contributed by atoms with E-state index in [2.05, 4.69) is 10.3 Å². The molecule has 0 saturated heterocycles. The summed E-state index contributed by atoms with van der Waals surface area (Å²) in [6.07, 6.45) is 2.33. The molecule has 112 valence electrons. The third kappa shape index (κ3) is 3.58. The standard InChI is InChI=1S/C17H21FN2O/c1-4-19-15(14-8-6-10-20-12(14)2)11-13-7-5-9-16(21-3)17(13)18/h5-10,15,19H,4,11H2,1-3H3. The largest absolute Gasteiger partial charge is 0.494 e. The van der Waals surface area contributed by atoms with Gasteiger partial charge >= 0.3 is 0 Å². The molecule has 1 heterocycles. The highest BCUT2D eigenvalue weighted by atomic mass is 19.1. The van der Waals surface area contributed by atoms with Gasteiger partial charge in [-0.3, -0.25) is 4.98 Å². The van der Waals surface area contributed by atoms with E-state index in [1.807, 2.05) is 32.0 Å². The molecule has 1 aromatic carbocycles. The number of hydrogen-bond donors (Lipinski definition) is 1. The number of halogens is 1. The number of ether oxygens (including phenoxy) is 1. The van der Waals surface area contributed by atoms with E-state index in [1.165, 1.54) is 7.11 Å². The molecule has 0 spiro atoms. The third-order valence-electron chi connectivity index (χ3n) is 3.56. The van der Waals surface area contributed by atoms with Gasteiger partial charge < -0.3 is 10.1 Å². The number of nitrogens with one attached hydrogen (secondary N) is 1. The number of aromatic nitrogens is 1. The molecule has 0 aliphatic heterocycles. The molecular formula is C17H21FN2O. The molecule has 2 rings (SSSR count). The van der Waals surface area contributed by atoms with Gasteiger partial charge in [0.25, 0.3) is 0 Å². The Morgan fingerprint density at radius 1 is 1.29 bits per heavy atom. The monoisotopic (exact) mass is 288 g/mol. The second-order valence-electron chi connectivity index (χ2n) is 4.93. The molecule has 0 bridgehead atoms. The van der Waals surface area contributed by atoms with Gasteiger partial charge in [0.2, 0.25) is 0 Å². The normalized spacial score (nSPS) is 12.2. The summed E-state index contributed by atoms with van der Waals surface area (Å²) in [6.45, 7) is 4.83. The zero-order chi connectivity index (χ0) is 15.2. The number of rotatable bonds is 6. The Balaban J connectivity index is 2.31.